The minimum atomic E-state index is -3.76. The molecular formula is C15H20N4O5S. The number of aliphatic hydroxyl groups is 2. The Morgan fingerprint density at radius 1 is 1.24 bits per heavy atom. The van der Waals surface area contributed by atoms with Crippen LogP contribution in [-0.4, -0.2) is 55.7 Å². The first-order chi connectivity index (χ1) is 11.8. The molecule has 0 unspecified atom stereocenters. The zero-order chi connectivity index (χ0) is 18.9. The predicted octanol–water partition coefficient (Wildman–Crippen LogP) is -1.36. The Hall–Kier alpha value is -2.45. The minimum Gasteiger partial charge on any atom is -0.395 e. The second-order valence-corrected chi connectivity index (χ2v) is 6.54. The third-order valence-corrected chi connectivity index (χ3v) is 4.11. The van der Waals surface area contributed by atoms with Crippen molar-refractivity contribution in [1.29, 1.82) is 5.26 Å². The van der Waals surface area contributed by atoms with Gasteiger partial charge in [-0.2, -0.15) is 5.26 Å². The van der Waals surface area contributed by atoms with Gasteiger partial charge in [-0.3, -0.25) is 4.79 Å². The Bertz CT molecular complexity index is 747. The van der Waals surface area contributed by atoms with Crippen LogP contribution >= 0.6 is 0 Å². The van der Waals surface area contributed by atoms with E-state index >= 15 is 0 Å². The topological polar surface area (TPSA) is 157 Å². The molecule has 9 nitrogen and oxygen atoms in total. The molecule has 1 amide bonds. The summed E-state index contributed by atoms with van der Waals surface area (Å²) in [7, 11) is -3.76. The van der Waals surface area contributed by atoms with Crippen LogP contribution in [0.2, 0.25) is 0 Å². The van der Waals surface area contributed by atoms with E-state index < -0.39 is 15.9 Å². The number of benzene rings is 1. The second-order valence-electron chi connectivity index (χ2n) is 4.98. The molecule has 25 heavy (non-hydrogen) atoms. The van der Waals surface area contributed by atoms with Crippen LogP contribution in [0, 0.1) is 11.3 Å². The predicted molar refractivity (Wildman–Crippen MR) is 89.1 cm³/mol. The number of primary sulfonamides is 1. The fourth-order valence-electron chi connectivity index (χ4n) is 1.94. The van der Waals surface area contributed by atoms with E-state index in [0.717, 1.165) is 10.5 Å². The average Bonchev–Trinajstić information content (AvgIpc) is 2.57. The molecule has 1 rings (SSSR count). The Kier molecular flexibility index (Phi) is 8.03. The third kappa shape index (κ3) is 6.52. The number of nitrogens with one attached hydrogen (secondary N) is 1. The van der Waals surface area contributed by atoms with Gasteiger partial charge in [-0.05, 0) is 17.7 Å². The molecule has 0 atom stereocenters. The summed E-state index contributed by atoms with van der Waals surface area (Å²) in [6.07, 6.45) is 1.23. The van der Waals surface area contributed by atoms with Crippen molar-refractivity contribution in [2.75, 3.05) is 26.3 Å². The molecule has 0 radical (unpaired) electrons. The van der Waals surface area contributed by atoms with E-state index in [2.05, 4.69) is 5.32 Å². The summed E-state index contributed by atoms with van der Waals surface area (Å²) in [5, 5.41) is 34.7. The zero-order valence-corrected chi connectivity index (χ0v) is 14.2. The molecule has 0 saturated heterocycles. The highest BCUT2D eigenvalue weighted by Crippen LogP contribution is 2.08. The Balaban J connectivity index is 2.74. The van der Waals surface area contributed by atoms with Gasteiger partial charge >= 0.3 is 0 Å². The Morgan fingerprint density at radius 2 is 1.80 bits per heavy atom. The number of aliphatic hydroxyl groups excluding tert-OH is 2. The summed E-state index contributed by atoms with van der Waals surface area (Å²) >= 11 is 0. The van der Waals surface area contributed by atoms with Crippen LogP contribution < -0.4 is 10.5 Å². The maximum atomic E-state index is 12.1. The molecule has 1 aromatic carbocycles. The van der Waals surface area contributed by atoms with Crippen LogP contribution in [0.5, 0.6) is 0 Å². The molecule has 136 valence electrons. The van der Waals surface area contributed by atoms with E-state index in [1.54, 1.807) is 18.2 Å². The third-order valence-electron chi connectivity index (χ3n) is 3.18. The molecule has 1 aromatic rings. The maximum Gasteiger partial charge on any atom is 0.266 e. The van der Waals surface area contributed by atoms with Crippen molar-refractivity contribution in [2.24, 2.45) is 5.14 Å². The van der Waals surface area contributed by atoms with Crippen LogP contribution in [-0.2, 0) is 21.4 Å². The lowest BCUT2D eigenvalue weighted by Gasteiger charge is -2.20. The van der Waals surface area contributed by atoms with E-state index in [1.807, 2.05) is 0 Å². The van der Waals surface area contributed by atoms with Crippen molar-refractivity contribution >= 4 is 15.9 Å². The number of hydrogen-bond acceptors (Lipinski definition) is 7. The highest BCUT2D eigenvalue weighted by Gasteiger charge is 2.17. The van der Waals surface area contributed by atoms with E-state index in [4.69, 9.17) is 20.6 Å². The van der Waals surface area contributed by atoms with Gasteiger partial charge in [-0.15, -0.1) is 0 Å². The lowest BCUT2D eigenvalue weighted by atomic mass is 10.2. The number of nitrogens with zero attached hydrogens (tertiary/aromatic N) is 2. The second kappa shape index (κ2) is 9.75. The number of carbonyl (C=O) groups excluding carboxylic acids is 1. The molecule has 0 aliphatic carbocycles. The van der Waals surface area contributed by atoms with Gasteiger partial charge in [0.1, 0.15) is 11.6 Å². The summed E-state index contributed by atoms with van der Waals surface area (Å²) < 4.78 is 22.3. The van der Waals surface area contributed by atoms with E-state index in [0.29, 0.717) is 0 Å². The highest BCUT2D eigenvalue weighted by molar-refractivity contribution is 7.89. The van der Waals surface area contributed by atoms with Crippen molar-refractivity contribution in [1.82, 2.24) is 10.2 Å². The van der Waals surface area contributed by atoms with Gasteiger partial charge in [-0.25, -0.2) is 13.6 Å². The number of amides is 1. The van der Waals surface area contributed by atoms with Crippen LogP contribution in [0.4, 0.5) is 0 Å². The summed E-state index contributed by atoms with van der Waals surface area (Å²) in [5.74, 6) is -0.609. The molecular weight excluding hydrogens is 348 g/mol. The number of hydrogen-bond donors (Lipinski definition) is 4. The average molecular weight is 368 g/mol. The fourth-order valence-corrected chi connectivity index (χ4v) is 2.45. The summed E-state index contributed by atoms with van der Waals surface area (Å²) in [6, 6.07) is 7.59. The first-order valence-corrected chi connectivity index (χ1v) is 8.84. The SMILES string of the molecule is N#C/C(=C/NCc1ccc(S(N)(=O)=O)cc1)C(=O)N(CCO)CCO. The molecule has 0 aliphatic rings. The number of sulfonamides is 1. The first-order valence-electron chi connectivity index (χ1n) is 7.30. The first kappa shape index (κ1) is 20.6. The summed E-state index contributed by atoms with van der Waals surface area (Å²) in [5.41, 5.74) is 0.541. The van der Waals surface area contributed by atoms with Crippen molar-refractivity contribution in [2.45, 2.75) is 11.4 Å². The molecule has 0 aromatic heterocycles. The zero-order valence-electron chi connectivity index (χ0n) is 13.4. The molecule has 0 bridgehead atoms. The van der Waals surface area contributed by atoms with E-state index in [1.165, 1.54) is 18.3 Å². The van der Waals surface area contributed by atoms with Crippen LogP contribution in [0.15, 0.2) is 40.9 Å². The van der Waals surface area contributed by atoms with Gasteiger partial charge < -0.3 is 20.4 Å². The minimum absolute atomic E-state index is 0.00738. The van der Waals surface area contributed by atoms with E-state index in [-0.39, 0.29) is 43.3 Å². The number of rotatable bonds is 9. The number of nitrogens with two attached hydrogens (primary N) is 1. The number of nitriles is 1. The van der Waals surface area contributed by atoms with Gasteiger partial charge in [0.2, 0.25) is 10.0 Å². The molecule has 0 fully saturated rings. The Morgan fingerprint density at radius 3 is 2.24 bits per heavy atom. The smallest absolute Gasteiger partial charge is 0.266 e. The quantitative estimate of drug-likeness (QED) is 0.310. The monoisotopic (exact) mass is 368 g/mol. The summed E-state index contributed by atoms with van der Waals surface area (Å²) in [4.78, 5) is 13.3. The van der Waals surface area contributed by atoms with Gasteiger partial charge in [0.05, 0.1) is 18.1 Å². The molecule has 5 N–H and O–H groups in total. The maximum absolute atomic E-state index is 12.1. The van der Waals surface area contributed by atoms with Gasteiger partial charge in [0, 0.05) is 25.8 Å². The molecule has 10 heteroatoms. The molecule has 0 aliphatic heterocycles. The lowest BCUT2D eigenvalue weighted by Crippen LogP contribution is -2.37. The van der Waals surface area contributed by atoms with Gasteiger partial charge in [0.15, 0.2) is 0 Å². The van der Waals surface area contributed by atoms with Crippen molar-refractivity contribution in [3.63, 3.8) is 0 Å². The van der Waals surface area contributed by atoms with Crippen LogP contribution in [0.1, 0.15) is 5.56 Å². The Labute approximate surface area is 146 Å². The lowest BCUT2D eigenvalue weighted by molar-refractivity contribution is -0.127. The number of carbonyl (C=O) groups is 1. The van der Waals surface area contributed by atoms with E-state index in [9.17, 15) is 13.2 Å². The molecule has 0 spiro atoms. The van der Waals surface area contributed by atoms with Crippen molar-refractivity contribution in [3.05, 3.63) is 41.6 Å². The fraction of sp³-hybridized carbons (Fsp3) is 0.333. The van der Waals surface area contributed by atoms with Crippen molar-refractivity contribution in [3.8, 4) is 6.07 Å². The van der Waals surface area contributed by atoms with Crippen LogP contribution in [0.25, 0.3) is 0 Å². The van der Waals surface area contributed by atoms with Gasteiger partial charge in [0.25, 0.3) is 5.91 Å². The van der Waals surface area contributed by atoms with Crippen LogP contribution in [0.3, 0.4) is 0 Å². The molecule has 0 saturated carbocycles. The highest BCUT2D eigenvalue weighted by atomic mass is 32.2. The standard InChI is InChI=1S/C15H20N4O5S/c16-9-13(15(22)19(5-7-20)6-8-21)11-18-10-12-1-3-14(4-2-12)25(17,23)24/h1-4,11,18,20-21H,5-8,10H2,(H2,17,23,24)/b13-11-. The van der Waals surface area contributed by atoms with Crippen molar-refractivity contribution < 1.29 is 23.4 Å². The molecule has 0 heterocycles. The largest absolute Gasteiger partial charge is 0.395 e. The van der Waals surface area contributed by atoms with Gasteiger partial charge in [-0.1, -0.05) is 12.1 Å². The summed E-state index contributed by atoms with van der Waals surface area (Å²) in [6.45, 7) is -0.299. The normalized spacial score (nSPS) is 11.7.